The zero-order valence-corrected chi connectivity index (χ0v) is 13.5. The van der Waals surface area contributed by atoms with Crippen molar-refractivity contribution in [3.8, 4) is 5.75 Å². The molecule has 0 bridgehead atoms. The fourth-order valence-corrected chi connectivity index (χ4v) is 2.51. The van der Waals surface area contributed by atoms with Crippen molar-refractivity contribution < 1.29 is 23.8 Å². The molecule has 0 heterocycles. The van der Waals surface area contributed by atoms with Gasteiger partial charge in [0.2, 0.25) is 5.91 Å². The van der Waals surface area contributed by atoms with E-state index in [1.165, 1.54) is 12.1 Å². The van der Waals surface area contributed by atoms with Crippen molar-refractivity contribution in [1.82, 2.24) is 5.32 Å². The molecule has 2 aromatic carbocycles. The number of carbonyl (C=O) groups excluding carboxylic acids is 1. The number of carbonyl (C=O) groups is 2. The van der Waals surface area contributed by atoms with E-state index in [0.29, 0.717) is 18.6 Å². The number of aliphatic carboxylic acids is 1. The van der Waals surface area contributed by atoms with Gasteiger partial charge in [-0.15, -0.1) is 0 Å². The molecule has 0 unspecified atom stereocenters. The molecule has 1 aliphatic rings. The van der Waals surface area contributed by atoms with E-state index < -0.39 is 17.3 Å². The molecule has 0 aliphatic heterocycles. The van der Waals surface area contributed by atoms with Crippen LogP contribution < -0.4 is 10.1 Å². The van der Waals surface area contributed by atoms with Crippen LogP contribution in [0.15, 0.2) is 48.5 Å². The van der Waals surface area contributed by atoms with E-state index in [0.717, 1.165) is 11.1 Å². The lowest BCUT2D eigenvalue weighted by atomic mass is 10.1. The third-order valence-corrected chi connectivity index (χ3v) is 4.26. The minimum atomic E-state index is -1.23. The second-order valence-corrected chi connectivity index (χ2v) is 6.13. The first kappa shape index (κ1) is 17.0. The first-order chi connectivity index (χ1) is 12.0. The topological polar surface area (TPSA) is 75.6 Å². The number of rotatable bonds is 7. The van der Waals surface area contributed by atoms with Crippen LogP contribution >= 0.6 is 0 Å². The van der Waals surface area contributed by atoms with Crippen molar-refractivity contribution in [2.24, 2.45) is 5.41 Å². The van der Waals surface area contributed by atoms with Gasteiger partial charge in [-0.2, -0.15) is 0 Å². The van der Waals surface area contributed by atoms with Crippen LogP contribution in [0.1, 0.15) is 24.0 Å². The van der Waals surface area contributed by atoms with Gasteiger partial charge < -0.3 is 15.2 Å². The number of halogens is 1. The van der Waals surface area contributed by atoms with Gasteiger partial charge in [0.1, 0.15) is 23.6 Å². The van der Waals surface area contributed by atoms with Crippen LogP contribution in [0, 0.1) is 11.2 Å². The average molecular weight is 343 g/mol. The van der Waals surface area contributed by atoms with Gasteiger partial charge in [-0.1, -0.05) is 24.3 Å². The van der Waals surface area contributed by atoms with Gasteiger partial charge in [-0.3, -0.25) is 9.59 Å². The Morgan fingerprint density at radius 1 is 1.12 bits per heavy atom. The molecule has 0 atom stereocenters. The van der Waals surface area contributed by atoms with Crippen molar-refractivity contribution in [2.45, 2.75) is 26.0 Å². The molecule has 2 aromatic rings. The smallest absolute Gasteiger partial charge is 0.319 e. The number of carboxylic acid groups (broad SMARTS) is 1. The molecule has 0 radical (unpaired) electrons. The maximum atomic E-state index is 13.1. The molecular formula is C19H18FNO4. The first-order valence-corrected chi connectivity index (χ1v) is 7.97. The average Bonchev–Trinajstić information content (AvgIpc) is 3.41. The van der Waals surface area contributed by atoms with E-state index in [9.17, 15) is 14.0 Å². The molecule has 3 rings (SSSR count). The fourth-order valence-electron chi connectivity index (χ4n) is 2.51. The highest BCUT2D eigenvalue weighted by molar-refractivity contribution is 6.04. The number of ether oxygens (including phenoxy) is 1. The van der Waals surface area contributed by atoms with Gasteiger partial charge in [-0.25, -0.2) is 4.39 Å². The maximum absolute atomic E-state index is 13.1. The van der Waals surface area contributed by atoms with Crippen LogP contribution in [0.25, 0.3) is 0 Å². The summed E-state index contributed by atoms with van der Waals surface area (Å²) >= 11 is 0. The molecule has 1 aliphatic carbocycles. The molecular weight excluding hydrogens is 325 g/mol. The summed E-state index contributed by atoms with van der Waals surface area (Å²) in [6, 6.07) is 13.3. The maximum Gasteiger partial charge on any atom is 0.319 e. The summed E-state index contributed by atoms with van der Waals surface area (Å²) in [7, 11) is 0. The SMILES string of the molecule is O=C(O)C1(C(=O)NCc2ccc(OCc3cccc(F)c3)cc2)CC1. The number of hydrogen-bond acceptors (Lipinski definition) is 3. The van der Waals surface area contributed by atoms with Crippen LogP contribution in [0.5, 0.6) is 5.75 Å². The standard InChI is InChI=1S/C19H18FNO4/c20-15-3-1-2-14(10-15)12-25-16-6-4-13(5-7-16)11-21-17(22)19(8-9-19)18(23)24/h1-7,10H,8-9,11-12H2,(H,21,22)(H,23,24). The second-order valence-electron chi connectivity index (χ2n) is 6.13. The van der Waals surface area contributed by atoms with Crippen LogP contribution in [0.2, 0.25) is 0 Å². The summed E-state index contributed by atoms with van der Waals surface area (Å²) in [6.07, 6.45) is 0.780. The van der Waals surface area contributed by atoms with Crippen LogP contribution in [-0.2, 0) is 22.7 Å². The van der Waals surface area contributed by atoms with Crippen molar-refractivity contribution in [3.05, 3.63) is 65.5 Å². The number of benzene rings is 2. The molecule has 1 saturated carbocycles. The quantitative estimate of drug-likeness (QED) is 0.758. The van der Waals surface area contributed by atoms with E-state index in [1.807, 2.05) is 0 Å². The highest BCUT2D eigenvalue weighted by Crippen LogP contribution is 2.46. The van der Waals surface area contributed by atoms with Gasteiger partial charge in [0.25, 0.3) is 0 Å². The Bertz CT molecular complexity index is 784. The van der Waals surface area contributed by atoms with E-state index >= 15 is 0 Å². The number of carboxylic acids is 1. The van der Waals surface area contributed by atoms with Crippen molar-refractivity contribution >= 4 is 11.9 Å². The Morgan fingerprint density at radius 2 is 1.84 bits per heavy atom. The lowest BCUT2D eigenvalue weighted by Crippen LogP contribution is -2.36. The lowest BCUT2D eigenvalue weighted by molar-refractivity contribution is -0.149. The largest absolute Gasteiger partial charge is 0.489 e. The summed E-state index contributed by atoms with van der Waals surface area (Å²) < 4.78 is 18.7. The minimum absolute atomic E-state index is 0.259. The molecule has 0 spiro atoms. The summed E-state index contributed by atoms with van der Waals surface area (Å²) in [6.45, 7) is 0.521. The molecule has 1 fully saturated rings. The highest BCUT2D eigenvalue weighted by atomic mass is 19.1. The number of amides is 1. The van der Waals surface area contributed by atoms with E-state index in [1.54, 1.807) is 36.4 Å². The predicted octanol–water partition coefficient (Wildman–Crippen LogP) is 2.89. The summed E-state index contributed by atoms with van der Waals surface area (Å²) in [5.41, 5.74) is 0.348. The first-order valence-electron chi connectivity index (χ1n) is 7.97. The number of hydrogen-bond donors (Lipinski definition) is 2. The fraction of sp³-hybridized carbons (Fsp3) is 0.263. The highest BCUT2D eigenvalue weighted by Gasteiger charge is 2.56. The normalized spacial score (nSPS) is 14.6. The van der Waals surface area contributed by atoms with Gasteiger partial charge in [0, 0.05) is 6.54 Å². The summed E-state index contributed by atoms with van der Waals surface area (Å²) in [5.74, 6) is -1.18. The Labute approximate surface area is 144 Å². The molecule has 6 heteroatoms. The van der Waals surface area contributed by atoms with Gasteiger partial charge in [0.15, 0.2) is 0 Å². The zero-order chi connectivity index (χ0) is 17.9. The summed E-state index contributed by atoms with van der Waals surface area (Å²) in [4.78, 5) is 23.0. The molecule has 2 N–H and O–H groups in total. The third-order valence-electron chi connectivity index (χ3n) is 4.26. The zero-order valence-electron chi connectivity index (χ0n) is 13.5. The molecule has 25 heavy (non-hydrogen) atoms. The monoisotopic (exact) mass is 343 g/mol. The summed E-state index contributed by atoms with van der Waals surface area (Å²) in [5, 5.41) is 11.7. The van der Waals surface area contributed by atoms with E-state index in [-0.39, 0.29) is 19.0 Å². The Balaban J connectivity index is 1.50. The second kappa shape index (κ2) is 6.93. The van der Waals surface area contributed by atoms with Crippen molar-refractivity contribution in [2.75, 3.05) is 0 Å². The van der Waals surface area contributed by atoms with Gasteiger partial charge in [0.05, 0.1) is 0 Å². The van der Waals surface area contributed by atoms with Gasteiger partial charge >= 0.3 is 5.97 Å². The lowest BCUT2D eigenvalue weighted by Gasteiger charge is -2.11. The molecule has 130 valence electrons. The third kappa shape index (κ3) is 3.96. The Morgan fingerprint density at radius 3 is 2.44 bits per heavy atom. The van der Waals surface area contributed by atoms with Crippen LogP contribution in [0.3, 0.4) is 0 Å². The minimum Gasteiger partial charge on any atom is -0.489 e. The van der Waals surface area contributed by atoms with Crippen molar-refractivity contribution in [1.29, 1.82) is 0 Å². The molecule has 0 saturated heterocycles. The number of nitrogens with one attached hydrogen (secondary N) is 1. The molecule has 0 aromatic heterocycles. The van der Waals surface area contributed by atoms with E-state index in [4.69, 9.17) is 9.84 Å². The predicted molar refractivity (Wildman–Crippen MR) is 88.3 cm³/mol. The van der Waals surface area contributed by atoms with Crippen molar-refractivity contribution in [3.63, 3.8) is 0 Å². The Hall–Kier alpha value is -2.89. The van der Waals surface area contributed by atoms with Crippen LogP contribution in [0.4, 0.5) is 4.39 Å². The molecule has 1 amide bonds. The van der Waals surface area contributed by atoms with E-state index in [2.05, 4.69) is 5.32 Å². The van der Waals surface area contributed by atoms with Gasteiger partial charge in [-0.05, 0) is 48.2 Å². The Kier molecular flexibility index (Phi) is 4.70. The van der Waals surface area contributed by atoms with Crippen LogP contribution in [-0.4, -0.2) is 17.0 Å². The molecule has 5 nitrogen and oxygen atoms in total.